The fourth-order valence-corrected chi connectivity index (χ4v) is 5.44. The van der Waals surface area contributed by atoms with Crippen molar-refractivity contribution in [2.24, 2.45) is 0 Å². The minimum Gasteiger partial charge on any atom is -0.471 e. The number of carbonyl (C=O) groups is 1. The first-order chi connectivity index (χ1) is 16.5. The quantitative estimate of drug-likeness (QED) is 0.554. The van der Waals surface area contributed by atoms with Crippen LogP contribution >= 0.6 is 0 Å². The average Bonchev–Trinajstić information content (AvgIpc) is 3.36. The van der Waals surface area contributed by atoms with Crippen molar-refractivity contribution in [2.75, 3.05) is 13.2 Å². The molecule has 3 heterocycles. The number of hydrogen-bond acceptors (Lipinski definition) is 6. The maximum atomic E-state index is 11.8. The SMILES string of the molecule is CC(=O)N[C@@H](Cc1ccccc1)[C@H](O)CN[C@H]1CC2(CCC2)Oc2ncc(C3CCCO3)cc21. The first-order valence-corrected chi connectivity index (χ1v) is 12.5. The monoisotopic (exact) mass is 465 g/mol. The zero-order valence-corrected chi connectivity index (χ0v) is 19.8. The van der Waals surface area contributed by atoms with Crippen LogP contribution < -0.4 is 15.4 Å². The molecule has 34 heavy (non-hydrogen) atoms. The van der Waals surface area contributed by atoms with Gasteiger partial charge in [0.1, 0.15) is 5.60 Å². The largest absolute Gasteiger partial charge is 0.471 e. The van der Waals surface area contributed by atoms with Crippen molar-refractivity contribution < 1.29 is 19.4 Å². The summed E-state index contributed by atoms with van der Waals surface area (Å²) in [5, 5.41) is 17.6. The van der Waals surface area contributed by atoms with Crippen molar-refractivity contribution in [3.05, 3.63) is 59.3 Å². The Hall–Kier alpha value is -2.48. The van der Waals surface area contributed by atoms with Gasteiger partial charge in [-0.05, 0) is 55.7 Å². The number of benzene rings is 1. The molecule has 3 aliphatic rings. The first-order valence-electron chi connectivity index (χ1n) is 12.5. The topological polar surface area (TPSA) is 92.7 Å². The van der Waals surface area contributed by atoms with Crippen molar-refractivity contribution >= 4 is 5.91 Å². The lowest BCUT2D eigenvalue weighted by Crippen LogP contribution is -2.52. The summed E-state index contributed by atoms with van der Waals surface area (Å²) >= 11 is 0. The number of carbonyl (C=O) groups excluding carboxylic acids is 1. The molecule has 1 spiro atoms. The van der Waals surface area contributed by atoms with E-state index in [2.05, 4.69) is 21.7 Å². The molecule has 2 fully saturated rings. The van der Waals surface area contributed by atoms with E-state index < -0.39 is 6.10 Å². The van der Waals surface area contributed by atoms with E-state index in [9.17, 15) is 9.90 Å². The number of nitrogens with zero attached hydrogens (tertiary/aromatic N) is 1. The molecule has 7 nitrogen and oxygen atoms in total. The number of ether oxygens (including phenoxy) is 2. The molecule has 0 bridgehead atoms. The normalized spacial score (nSPS) is 24.5. The van der Waals surface area contributed by atoms with E-state index in [1.807, 2.05) is 36.5 Å². The Morgan fingerprint density at radius 1 is 1.26 bits per heavy atom. The lowest BCUT2D eigenvalue weighted by molar-refractivity contribution is -0.120. The Labute approximate surface area is 201 Å². The third kappa shape index (κ3) is 5.11. The lowest BCUT2D eigenvalue weighted by Gasteiger charge is -2.47. The minimum absolute atomic E-state index is 0.0299. The molecule has 1 saturated carbocycles. The van der Waals surface area contributed by atoms with Gasteiger partial charge in [-0.15, -0.1) is 0 Å². The summed E-state index contributed by atoms with van der Waals surface area (Å²) in [6, 6.07) is 11.8. The van der Waals surface area contributed by atoms with Crippen LogP contribution in [0.4, 0.5) is 0 Å². The average molecular weight is 466 g/mol. The molecule has 2 aromatic rings. The van der Waals surface area contributed by atoms with Gasteiger partial charge in [0.15, 0.2) is 0 Å². The molecule has 3 N–H and O–H groups in total. The van der Waals surface area contributed by atoms with E-state index in [4.69, 9.17) is 9.47 Å². The second kappa shape index (κ2) is 10.0. The number of aliphatic hydroxyl groups excluding tert-OH is 1. The van der Waals surface area contributed by atoms with Crippen LogP contribution in [0.15, 0.2) is 42.6 Å². The van der Waals surface area contributed by atoms with Gasteiger partial charge in [0.25, 0.3) is 0 Å². The van der Waals surface area contributed by atoms with Crippen LogP contribution in [0.3, 0.4) is 0 Å². The number of aromatic nitrogens is 1. The molecule has 1 aromatic carbocycles. The molecule has 182 valence electrons. The van der Waals surface area contributed by atoms with E-state index in [1.54, 1.807) is 0 Å². The number of fused-ring (bicyclic) bond motifs is 1. The van der Waals surface area contributed by atoms with Crippen LogP contribution in [0.1, 0.15) is 74.3 Å². The van der Waals surface area contributed by atoms with E-state index in [0.29, 0.717) is 18.8 Å². The van der Waals surface area contributed by atoms with E-state index >= 15 is 0 Å². The summed E-state index contributed by atoms with van der Waals surface area (Å²) in [5.41, 5.74) is 3.05. The van der Waals surface area contributed by atoms with Crippen LogP contribution in [-0.4, -0.2) is 46.9 Å². The van der Waals surface area contributed by atoms with Gasteiger partial charge in [-0.1, -0.05) is 30.3 Å². The second-order valence-corrected chi connectivity index (χ2v) is 10.0. The Balaban J connectivity index is 1.32. The van der Waals surface area contributed by atoms with Gasteiger partial charge < -0.3 is 25.2 Å². The van der Waals surface area contributed by atoms with Crippen molar-refractivity contribution in [1.82, 2.24) is 15.6 Å². The molecule has 1 aromatic heterocycles. The predicted octanol–water partition coefficient (Wildman–Crippen LogP) is 3.38. The zero-order chi connectivity index (χ0) is 23.5. The number of aliphatic hydroxyl groups is 1. The molecule has 4 atom stereocenters. The molecule has 1 amide bonds. The van der Waals surface area contributed by atoms with Crippen molar-refractivity contribution in [1.29, 1.82) is 0 Å². The second-order valence-electron chi connectivity index (χ2n) is 10.0. The minimum atomic E-state index is -0.734. The Kier molecular flexibility index (Phi) is 6.86. The third-order valence-corrected chi connectivity index (χ3v) is 7.46. The molecule has 5 rings (SSSR count). The molecule has 2 aliphatic heterocycles. The number of nitrogens with one attached hydrogen (secondary N) is 2. The zero-order valence-electron chi connectivity index (χ0n) is 19.8. The number of amides is 1. The van der Waals surface area contributed by atoms with Crippen LogP contribution in [0, 0.1) is 0 Å². The number of rotatable bonds is 8. The van der Waals surface area contributed by atoms with E-state index in [1.165, 1.54) is 13.3 Å². The standard InChI is InChI=1S/C27H35N3O4/c1-18(31)30-22(13-19-7-3-2-4-8-19)24(32)17-28-23-15-27(10-6-11-27)34-26-21(23)14-20(16-29-26)25-9-5-12-33-25/h2-4,7-8,14,16,22-25,28,32H,5-6,9-13,15,17H2,1H3,(H,30,31)/t22-,23-,24+,25?/m0/s1. The molecule has 7 heteroatoms. The van der Waals surface area contributed by atoms with Crippen LogP contribution in [0.2, 0.25) is 0 Å². The molecular weight excluding hydrogens is 430 g/mol. The molecule has 0 radical (unpaired) electrons. The molecular formula is C27H35N3O4. The first kappa shape index (κ1) is 23.3. The van der Waals surface area contributed by atoms with Crippen LogP contribution in [0.25, 0.3) is 0 Å². The van der Waals surface area contributed by atoms with Gasteiger partial charge in [0.05, 0.1) is 18.2 Å². The highest BCUT2D eigenvalue weighted by molar-refractivity contribution is 5.73. The Bertz CT molecular complexity index is 989. The summed E-state index contributed by atoms with van der Waals surface area (Å²) in [6.07, 6.45) is 8.00. The molecule has 1 aliphatic carbocycles. The van der Waals surface area contributed by atoms with Crippen molar-refractivity contribution in [3.63, 3.8) is 0 Å². The highest BCUT2D eigenvalue weighted by Crippen LogP contribution is 2.48. The lowest BCUT2D eigenvalue weighted by atomic mass is 9.73. The number of pyridine rings is 1. The van der Waals surface area contributed by atoms with Crippen molar-refractivity contribution in [2.45, 2.75) is 81.8 Å². The van der Waals surface area contributed by atoms with Crippen LogP contribution in [-0.2, 0) is 16.0 Å². The fraction of sp³-hybridized carbons (Fsp3) is 0.556. The summed E-state index contributed by atoms with van der Waals surface area (Å²) in [5.74, 6) is 0.553. The summed E-state index contributed by atoms with van der Waals surface area (Å²) < 4.78 is 12.3. The Morgan fingerprint density at radius 2 is 2.09 bits per heavy atom. The summed E-state index contributed by atoms with van der Waals surface area (Å²) in [6.45, 7) is 2.65. The fourth-order valence-electron chi connectivity index (χ4n) is 5.44. The van der Waals surface area contributed by atoms with E-state index in [0.717, 1.165) is 55.4 Å². The Morgan fingerprint density at radius 3 is 2.76 bits per heavy atom. The van der Waals surface area contributed by atoms with Gasteiger partial charge in [0, 0.05) is 44.3 Å². The maximum absolute atomic E-state index is 11.8. The van der Waals surface area contributed by atoms with Crippen molar-refractivity contribution in [3.8, 4) is 5.88 Å². The highest BCUT2D eigenvalue weighted by Gasteiger charge is 2.46. The molecule has 1 unspecified atom stereocenters. The maximum Gasteiger partial charge on any atom is 0.218 e. The summed E-state index contributed by atoms with van der Waals surface area (Å²) in [4.78, 5) is 16.5. The van der Waals surface area contributed by atoms with Gasteiger partial charge in [-0.3, -0.25) is 4.79 Å². The summed E-state index contributed by atoms with van der Waals surface area (Å²) in [7, 11) is 0. The van der Waals surface area contributed by atoms with Gasteiger partial charge in [-0.25, -0.2) is 4.98 Å². The van der Waals surface area contributed by atoms with Crippen LogP contribution in [0.5, 0.6) is 5.88 Å². The van der Waals surface area contributed by atoms with Gasteiger partial charge in [-0.2, -0.15) is 0 Å². The third-order valence-electron chi connectivity index (χ3n) is 7.46. The molecule has 1 saturated heterocycles. The smallest absolute Gasteiger partial charge is 0.218 e. The van der Waals surface area contributed by atoms with Gasteiger partial charge >= 0.3 is 0 Å². The predicted molar refractivity (Wildman–Crippen MR) is 128 cm³/mol. The highest BCUT2D eigenvalue weighted by atomic mass is 16.5. The van der Waals surface area contributed by atoms with Gasteiger partial charge in [0.2, 0.25) is 11.8 Å². The van der Waals surface area contributed by atoms with E-state index in [-0.39, 0.29) is 29.7 Å². The number of hydrogen-bond donors (Lipinski definition) is 3.